The van der Waals surface area contributed by atoms with Crippen molar-refractivity contribution in [3.8, 4) is 5.75 Å². The van der Waals surface area contributed by atoms with Gasteiger partial charge in [0.05, 0.1) is 6.61 Å². The molecule has 21 heavy (non-hydrogen) atoms. The van der Waals surface area contributed by atoms with Crippen LogP contribution in [-0.4, -0.2) is 11.7 Å². The predicted molar refractivity (Wildman–Crippen MR) is 72.6 cm³/mol. The van der Waals surface area contributed by atoms with E-state index in [0.29, 0.717) is 17.9 Å². The van der Waals surface area contributed by atoms with E-state index in [9.17, 15) is 18.3 Å². The molecule has 0 aliphatic carbocycles. The van der Waals surface area contributed by atoms with Gasteiger partial charge in [-0.3, -0.25) is 0 Å². The number of rotatable bonds is 5. The second-order valence-electron chi connectivity index (χ2n) is 4.62. The van der Waals surface area contributed by atoms with Gasteiger partial charge in [-0.05, 0) is 41.8 Å². The highest BCUT2D eigenvalue weighted by Gasteiger charge is 2.17. The largest absolute Gasteiger partial charge is 0.494 e. The van der Waals surface area contributed by atoms with Gasteiger partial charge in [0.2, 0.25) is 0 Å². The average molecular weight is 296 g/mol. The molecule has 2 nitrogen and oxygen atoms in total. The number of hydrogen-bond acceptors (Lipinski definition) is 2. The molecule has 0 radical (unpaired) electrons. The van der Waals surface area contributed by atoms with Crippen LogP contribution in [0.25, 0.3) is 0 Å². The molecule has 0 fully saturated rings. The van der Waals surface area contributed by atoms with E-state index >= 15 is 0 Å². The lowest BCUT2D eigenvalue weighted by molar-refractivity contribution is 0.218. The zero-order chi connectivity index (χ0) is 15.4. The second-order valence-corrected chi connectivity index (χ2v) is 4.62. The molecule has 112 valence electrons. The van der Waals surface area contributed by atoms with Gasteiger partial charge in [0.15, 0.2) is 17.5 Å². The molecule has 0 aliphatic heterocycles. The van der Waals surface area contributed by atoms with E-state index in [4.69, 9.17) is 4.74 Å². The van der Waals surface area contributed by atoms with Crippen LogP contribution in [0, 0.1) is 17.5 Å². The van der Waals surface area contributed by atoms with Crippen LogP contribution in [0.3, 0.4) is 0 Å². The topological polar surface area (TPSA) is 29.5 Å². The van der Waals surface area contributed by atoms with Gasteiger partial charge in [0.25, 0.3) is 0 Å². The van der Waals surface area contributed by atoms with Crippen molar-refractivity contribution < 1.29 is 23.0 Å². The van der Waals surface area contributed by atoms with E-state index in [1.54, 1.807) is 24.3 Å². The van der Waals surface area contributed by atoms with Gasteiger partial charge in [0.1, 0.15) is 11.9 Å². The van der Waals surface area contributed by atoms with E-state index in [2.05, 4.69) is 0 Å². The molecule has 1 unspecified atom stereocenters. The van der Waals surface area contributed by atoms with Crippen LogP contribution in [0.1, 0.15) is 30.6 Å². The Kier molecular flexibility index (Phi) is 4.85. The van der Waals surface area contributed by atoms with E-state index in [1.165, 1.54) is 0 Å². The smallest absolute Gasteiger partial charge is 0.194 e. The zero-order valence-corrected chi connectivity index (χ0v) is 11.4. The van der Waals surface area contributed by atoms with Gasteiger partial charge in [-0.15, -0.1) is 0 Å². The maximum absolute atomic E-state index is 13.2. The SMILES string of the molecule is CCCOc1ccc(C(O)c2cc(F)c(F)c(F)c2)cc1. The molecule has 0 amide bonds. The Labute approximate surface area is 120 Å². The van der Waals surface area contributed by atoms with Crippen LogP contribution < -0.4 is 4.74 Å². The lowest BCUT2D eigenvalue weighted by atomic mass is 10.0. The first-order chi connectivity index (χ1) is 10.0. The van der Waals surface area contributed by atoms with Gasteiger partial charge >= 0.3 is 0 Å². The summed E-state index contributed by atoms with van der Waals surface area (Å²) in [5.41, 5.74) is 0.387. The molecule has 2 aromatic carbocycles. The number of ether oxygens (including phenoxy) is 1. The van der Waals surface area contributed by atoms with Crippen molar-refractivity contribution in [2.24, 2.45) is 0 Å². The standard InChI is InChI=1S/C16H15F3O2/c1-2-7-21-12-5-3-10(4-6-12)16(20)11-8-13(17)15(19)14(18)9-11/h3-6,8-9,16,20H,2,7H2,1H3. The number of benzene rings is 2. The Morgan fingerprint density at radius 3 is 2.10 bits per heavy atom. The fourth-order valence-corrected chi connectivity index (χ4v) is 1.89. The van der Waals surface area contributed by atoms with Gasteiger partial charge in [0, 0.05) is 0 Å². The summed E-state index contributed by atoms with van der Waals surface area (Å²) < 4.78 is 44.6. The van der Waals surface area contributed by atoms with Crippen molar-refractivity contribution in [3.05, 3.63) is 65.0 Å². The van der Waals surface area contributed by atoms with E-state index in [0.717, 1.165) is 18.6 Å². The summed E-state index contributed by atoms with van der Waals surface area (Å²) in [7, 11) is 0. The number of aliphatic hydroxyl groups is 1. The molecule has 0 aromatic heterocycles. The normalized spacial score (nSPS) is 12.2. The Hall–Kier alpha value is -2.01. The van der Waals surface area contributed by atoms with Gasteiger partial charge in [-0.1, -0.05) is 19.1 Å². The first-order valence-corrected chi connectivity index (χ1v) is 6.58. The fourth-order valence-electron chi connectivity index (χ4n) is 1.89. The molecule has 0 heterocycles. The molecule has 2 aromatic rings. The first-order valence-electron chi connectivity index (χ1n) is 6.58. The van der Waals surface area contributed by atoms with Crippen molar-refractivity contribution in [2.75, 3.05) is 6.61 Å². The van der Waals surface area contributed by atoms with Gasteiger partial charge in [-0.2, -0.15) is 0 Å². The van der Waals surface area contributed by atoms with Crippen molar-refractivity contribution >= 4 is 0 Å². The number of aliphatic hydroxyl groups excluding tert-OH is 1. The minimum absolute atomic E-state index is 0.0476. The van der Waals surface area contributed by atoms with Crippen LogP contribution in [0.5, 0.6) is 5.75 Å². The Morgan fingerprint density at radius 2 is 1.57 bits per heavy atom. The summed E-state index contributed by atoms with van der Waals surface area (Å²) >= 11 is 0. The third-order valence-electron chi connectivity index (χ3n) is 2.99. The summed E-state index contributed by atoms with van der Waals surface area (Å²) in [5.74, 6) is -3.56. The highest BCUT2D eigenvalue weighted by Crippen LogP contribution is 2.26. The molecular formula is C16H15F3O2. The molecule has 0 aliphatic rings. The molecule has 0 spiro atoms. The van der Waals surface area contributed by atoms with Crippen LogP contribution in [0.4, 0.5) is 13.2 Å². The predicted octanol–water partition coefficient (Wildman–Crippen LogP) is 3.97. The maximum atomic E-state index is 13.2. The van der Waals surface area contributed by atoms with Crippen LogP contribution in [0.15, 0.2) is 36.4 Å². The summed E-state index contributed by atoms with van der Waals surface area (Å²) in [6, 6.07) is 8.06. The highest BCUT2D eigenvalue weighted by atomic mass is 19.2. The second kappa shape index (κ2) is 6.63. The Morgan fingerprint density at radius 1 is 1.00 bits per heavy atom. The molecule has 2 rings (SSSR count). The Bertz CT molecular complexity index is 588. The first kappa shape index (κ1) is 15.4. The zero-order valence-electron chi connectivity index (χ0n) is 11.4. The van der Waals surface area contributed by atoms with Crippen LogP contribution in [-0.2, 0) is 0 Å². The minimum atomic E-state index is -1.55. The molecule has 1 atom stereocenters. The third kappa shape index (κ3) is 3.55. The average Bonchev–Trinajstić information content (AvgIpc) is 2.50. The van der Waals surface area contributed by atoms with Crippen molar-refractivity contribution in [1.82, 2.24) is 0 Å². The molecule has 0 saturated carbocycles. The number of halogens is 3. The van der Waals surface area contributed by atoms with Crippen molar-refractivity contribution in [3.63, 3.8) is 0 Å². The number of hydrogen-bond donors (Lipinski definition) is 1. The molecule has 5 heteroatoms. The lowest BCUT2D eigenvalue weighted by Gasteiger charge is -2.13. The van der Waals surface area contributed by atoms with Crippen molar-refractivity contribution in [2.45, 2.75) is 19.4 Å². The fraction of sp³-hybridized carbons (Fsp3) is 0.250. The molecule has 0 bridgehead atoms. The van der Waals surface area contributed by atoms with E-state index in [-0.39, 0.29) is 5.56 Å². The molecule has 1 N–H and O–H groups in total. The third-order valence-corrected chi connectivity index (χ3v) is 2.99. The summed E-state index contributed by atoms with van der Waals surface area (Å²) in [6.45, 7) is 2.56. The molecule has 0 saturated heterocycles. The van der Waals surface area contributed by atoms with Crippen LogP contribution >= 0.6 is 0 Å². The van der Waals surface area contributed by atoms with Gasteiger partial charge < -0.3 is 9.84 Å². The minimum Gasteiger partial charge on any atom is -0.494 e. The monoisotopic (exact) mass is 296 g/mol. The lowest BCUT2D eigenvalue weighted by Crippen LogP contribution is -2.03. The quantitative estimate of drug-likeness (QED) is 0.846. The summed E-state index contributed by atoms with van der Waals surface area (Å²) in [6.07, 6.45) is -0.367. The maximum Gasteiger partial charge on any atom is 0.194 e. The van der Waals surface area contributed by atoms with E-state index in [1.807, 2.05) is 6.92 Å². The Balaban J connectivity index is 2.21. The van der Waals surface area contributed by atoms with Crippen molar-refractivity contribution in [1.29, 1.82) is 0 Å². The van der Waals surface area contributed by atoms with Gasteiger partial charge in [-0.25, -0.2) is 13.2 Å². The summed E-state index contributed by atoms with van der Waals surface area (Å²) in [5, 5.41) is 10.1. The highest BCUT2D eigenvalue weighted by molar-refractivity contribution is 5.34. The summed E-state index contributed by atoms with van der Waals surface area (Å²) in [4.78, 5) is 0. The van der Waals surface area contributed by atoms with Crippen LogP contribution in [0.2, 0.25) is 0 Å². The molecular weight excluding hydrogens is 281 g/mol. The van der Waals surface area contributed by atoms with E-state index < -0.39 is 23.6 Å².